The van der Waals surface area contributed by atoms with Crippen LogP contribution in [0.1, 0.15) is 12.6 Å². The van der Waals surface area contributed by atoms with Gasteiger partial charge >= 0.3 is 0 Å². The van der Waals surface area contributed by atoms with Crippen LogP contribution in [0.15, 0.2) is 47.1 Å². The average Bonchev–Trinajstić information content (AvgIpc) is 3.07. The fourth-order valence-corrected chi connectivity index (χ4v) is 3.19. The van der Waals surface area contributed by atoms with Crippen LogP contribution in [0.25, 0.3) is 0 Å². The van der Waals surface area contributed by atoms with Crippen LogP contribution in [-0.4, -0.2) is 27.8 Å². The van der Waals surface area contributed by atoms with Gasteiger partial charge in [-0.1, -0.05) is 0 Å². The Morgan fingerprint density at radius 1 is 1.52 bits per heavy atom. The lowest BCUT2D eigenvalue weighted by molar-refractivity contribution is -0.122. The quantitative estimate of drug-likeness (QED) is 0.864. The molecule has 6 nitrogen and oxygen atoms in total. The molecule has 3 heterocycles. The second-order valence-corrected chi connectivity index (χ2v) is 5.85. The Kier molecular flexibility index (Phi) is 3.69. The molecule has 0 fully saturated rings. The smallest absolute Gasteiger partial charge is 0.264 e. The lowest BCUT2D eigenvalue weighted by Gasteiger charge is -2.40. The predicted molar refractivity (Wildman–Crippen MR) is 83.4 cm³/mol. The number of aromatic nitrogens is 2. The fourth-order valence-electron chi connectivity index (χ4n) is 2.59. The molecular weight excluding hydrogens is 319 g/mol. The number of halogens is 1. The first-order chi connectivity index (χ1) is 10.9. The van der Waals surface area contributed by atoms with Crippen LogP contribution >= 0.6 is 11.3 Å². The molecular formula is C15H13FN4O2S. The third-order valence-corrected chi connectivity index (χ3v) is 4.40. The Bertz CT molecular complexity index is 778. The van der Waals surface area contributed by atoms with E-state index in [9.17, 15) is 9.59 Å². The summed E-state index contributed by atoms with van der Waals surface area (Å²) in [6.45, 7) is 1.55. The molecule has 2 aromatic heterocycles. The Balaban J connectivity index is 2.19. The first-order valence-corrected chi connectivity index (χ1v) is 7.73. The van der Waals surface area contributed by atoms with Gasteiger partial charge in [-0.05, 0) is 25.1 Å². The number of carbonyl (C=O) groups is 2. The van der Waals surface area contributed by atoms with Crippen molar-refractivity contribution in [3.05, 3.63) is 52.8 Å². The molecule has 2 aromatic rings. The number of nitrogens with two attached hydrogens (primary N) is 1. The van der Waals surface area contributed by atoms with Crippen LogP contribution in [0.5, 0.6) is 0 Å². The van der Waals surface area contributed by atoms with Gasteiger partial charge in [0.2, 0.25) is 0 Å². The van der Waals surface area contributed by atoms with Crippen LogP contribution in [0.4, 0.5) is 10.1 Å². The van der Waals surface area contributed by atoms with Crippen LogP contribution in [0.2, 0.25) is 0 Å². The van der Waals surface area contributed by atoms with Crippen molar-refractivity contribution in [3.63, 3.8) is 0 Å². The van der Waals surface area contributed by atoms with Crippen molar-refractivity contribution < 1.29 is 14.0 Å². The summed E-state index contributed by atoms with van der Waals surface area (Å²) < 4.78 is 15.7. The minimum Gasteiger partial charge on any atom is -0.365 e. The van der Waals surface area contributed by atoms with E-state index in [0.29, 0.717) is 5.69 Å². The highest BCUT2D eigenvalue weighted by Gasteiger charge is 2.49. The van der Waals surface area contributed by atoms with Gasteiger partial charge in [-0.3, -0.25) is 19.5 Å². The Morgan fingerprint density at radius 3 is 2.87 bits per heavy atom. The molecule has 2 unspecified atom stereocenters. The van der Waals surface area contributed by atoms with E-state index in [1.165, 1.54) is 34.1 Å². The van der Waals surface area contributed by atoms with Gasteiger partial charge in [0, 0.05) is 11.6 Å². The monoisotopic (exact) mass is 332 g/mol. The Hall–Kier alpha value is -2.61. The van der Waals surface area contributed by atoms with Crippen molar-refractivity contribution in [1.29, 1.82) is 0 Å². The molecule has 1 aliphatic rings. The number of carbonyl (C=O) groups excluding carboxylic acids is 2. The molecule has 0 saturated carbocycles. The zero-order valence-corrected chi connectivity index (χ0v) is 13.0. The number of alkyl halides is 1. The highest BCUT2D eigenvalue weighted by molar-refractivity contribution is 7.07. The third kappa shape index (κ3) is 2.40. The second-order valence-electron chi connectivity index (χ2n) is 5.13. The van der Waals surface area contributed by atoms with Crippen LogP contribution in [-0.2, 0) is 15.3 Å². The van der Waals surface area contributed by atoms with E-state index >= 15 is 4.39 Å². The van der Waals surface area contributed by atoms with Gasteiger partial charge in [-0.2, -0.15) is 0 Å². The van der Waals surface area contributed by atoms with E-state index in [1.807, 2.05) is 0 Å². The molecule has 0 bridgehead atoms. The summed E-state index contributed by atoms with van der Waals surface area (Å²) in [7, 11) is 0. The molecule has 2 atom stereocenters. The summed E-state index contributed by atoms with van der Waals surface area (Å²) in [5.41, 5.74) is 4.76. The number of rotatable bonds is 3. The number of hydrogen-bond donors (Lipinski definition) is 1. The standard InChI is InChI=1S/C15H13FN4O2S/c1-9-15(16,12-7-23-8-19-12)5-11(13(17)21)14(22)20(9)10-3-2-4-18-6-10/h2-9H,1H3,(H2,17,21). The lowest BCUT2D eigenvalue weighted by atomic mass is 9.86. The van der Waals surface area contributed by atoms with Gasteiger partial charge in [0.1, 0.15) is 5.57 Å². The molecule has 2 N–H and O–H groups in total. The Morgan fingerprint density at radius 2 is 2.30 bits per heavy atom. The van der Waals surface area contributed by atoms with E-state index in [4.69, 9.17) is 5.73 Å². The topological polar surface area (TPSA) is 89.2 Å². The van der Waals surface area contributed by atoms with Crippen LogP contribution < -0.4 is 10.6 Å². The fraction of sp³-hybridized carbons (Fsp3) is 0.200. The number of primary amides is 1. The van der Waals surface area contributed by atoms with Gasteiger partial charge in [-0.15, -0.1) is 11.3 Å². The number of amides is 2. The van der Waals surface area contributed by atoms with Crippen molar-refractivity contribution in [3.8, 4) is 0 Å². The van der Waals surface area contributed by atoms with E-state index in [0.717, 1.165) is 6.08 Å². The first kappa shape index (κ1) is 15.3. The van der Waals surface area contributed by atoms with Gasteiger partial charge in [0.05, 0.1) is 29.1 Å². The molecule has 0 aliphatic carbocycles. The number of nitrogens with zero attached hydrogens (tertiary/aromatic N) is 3. The van der Waals surface area contributed by atoms with Gasteiger partial charge in [-0.25, -0.2) is 9.37 Å². The average molecular weight is 332 g/mol. The highest BCUT2D eigenvalue weighted by atomic mass is 32.1. The van der Waals surface area contributed by atoms with Crippen molar-refractivity contribution in [1.82, 2.24) is 9.97 Å². The van der Waals surface area contributed by atoms with Crippen molar-refractivity contribution in [2.24, 2.45) is 5.73 Å². The molecule has 3 rings (SSSR count). The predicted octanol–water partition coefficient (Wildman–Crippen LogP) is 1.55. The van der Waals surface area contributed by atoms with E-state index in [-0.39, 0.29) is 5.69 Å². The lowest BCUT2D eigenvalue weighted by Crippen LogP contribution is -2.54. The van der Waals surface area contributed by atoms with Crippen molar-refractivity contribution >= 4 is 28.8 Å². The second kappa shape index (κ2) is 5.54. The normalized spacial score (nSPS) is 24.4. The third-order valence-electron chi connectivity index (χ3n) is 3.81. The SMILES string of the molecule is CC1N(c2cccnc2)C(=O)C(C(N)=O)=CC1(F)c1cscn1. The van der Waals surface area contributed by atoms with E-state index in [1.54, 1.807) is 24.4 Å². The highest BCUT2D eigenvalue weighted by Crippen LogP contribution is 2.40. The minimum absolute atomic E-state index is 0.134. The molecule has 1 aliphatic heterocycles. The van der Waals surface area contributed by atoms with Crippen molar-refractivity contribution in [2.75, 3.05) is 4.90 Å². The maximum Gasteiger partial charge on any atom is 0.264 e. The van der Waals surface area contributed by atoms with Crippen LogP contribution in [0.3, 0.4) is 0 Å². The summed E-state index contributed by atoms with van der Waals surface area (Å²) >= 11 is 1.23. The molecule has 8 heteroatoms. The summed E-state index contributed by atoms with van der Waals surface area (Å²) in [6, 6.07) is 2.33. The summed E-state index contributed by atoms with van der Waals surface area (Å²) in [6.07, 6.45) is 3.95. The van der Waals surface area contributed by atoms with Gasteiger partial charge < -0.3 is 5.73 Å². The molecule has 0 aromatic carbocycles. The molecule has 2 amide bonds. The first-order valence-electron chi connectivity index (χ1n) is 6.79. The largest absolute Gasteiger partial charge is 0.365 e. The zero-order valence-electron chi connectivity index (χ0n) is 12.1. The molecule has 0 spiro atoms. The maximum atomic E-state index is 15.7. The van der Waals surface area contributed by atoms with E-state index < -0.39 is 29.1 Å². The number of pyridine rings is 1. The van der Waals surface area contributed by atoms with Crippen LogP contribution in [0, 0.1) is 0 Å². The summed E-state index contributed by atoms with van der Waals surface area (Å²) in [5, 5.41) is 1.54. The molecule has 0 saturated heterocycles. The summed E-state index contributed by atoms with van der Waals surface area (Å²) in [5.74, 6) is -1.63. The minimum atomic E-state index is -2.12. The number of thiazole rings is 1. The van der Waals surface area contributed by atoms with Crippen molar-refractivity contribution in [2.45, 2.75) is 18.6 Å². The Labute approximate surface area is 135 Å². The number of hydrogen-bond acceptors (Lipinski definition) is 5. The summed E-state index contributed by atoms with van der Waals surface area (Å²) in [4.78, 5) is 33.3. The molecule has 0 radical (unpaired) electrons. The van der Waals surface area contributed by atoms with Gasteiger partial charge in [0.25, 0.3) is 11.8 Å². The maximum absolute atomic E-state index is 15.7. The zero-order chi connectivity index (χ0) is 16.6. The number of anilines is 1. The molecule has 23 heavy (non-hydrogen) atoms. The van der Waals surface area contributed by atoms with E-state index in [2.05, 4.69) is 9.97 Å². The molecule has 118 valence electrons. The van der Waals surface area contributed by atoms with Gasteiger partial charge in [0.15, 0.2) is 5.67 Å².